The summed E-state index contributed by atoms with van der Waals surface area (Å²) in [6.45, 7) is 6.27. The van der Waals surface area contributed by atoms with Crippen LogP contribution in [-0.2, 0) is 0 Å². The lowest BCUT2D eigenvalue weighted by Gasteiger charge is -2.09. The van der Waals surface area contributed by atoms with Crippen LogP contribution < -0.4 is 0 Å². The van der Waals surface area contributed by atoms with Gasteiger partial charge in [0.25, 0.3) is 0 Å². The Morgan fingerprint density at radius 1 is 0.612 bits per heavy atom. The Hall–Kier alpha value is -6.59. The summed E-state index contributed by atoms with van der Waals surface area (Å²) >= 11 is 0. The normalized spacial score (nSPS) is 12.5. The van der Waals surface area contributed by atoms with E-state index in [9.17, 15) is 0 Å². The van der Waals surface area contributed by atoms with Gasteiger partial charge in [0.15, 0.2) is 11.4 Å². The smallest absolute Gasteiger partial charge is 0.160 e. The summed E-state index contributed by atoms with van der Waals surface area (Å²) in [6.07, 6.45) is 0. The molecule has 0 fully saturated rings. The minimum Gasteiger partial charge on any atom is -0.454 e. The van der Waals surface area contributed by atoms with Gasteiger partial charge in [-0.3, -0.25) is 4.40 Å². The molecule has 0 saturated carbocycles. The number of rotatable bonds is 5. The zero-order chi connectivity index (χ0) is 32.9. The highest BCUT2D eigenvalue weighted by molar-refractivity contribution is 6.19. The highest BCUT2D eigenvalue weighted by Gasteiger charge is 2.19. The summed E-state index contributed by atoms with van der Waals surface area (Å²) in [4.78, 5) is 15.0. The molecule has 0 N–H and O–H groups in total. The molecule has 3 aromatic heterocycles. The molecule has 0 amide bonds. The molecule has 5 heteroatoms. The van der Waals surface area contributed by atoms with Crippen LogP contribution in [-0.4, -0.2) is 20.9 Å². The molecule has 5 nitrogen and oxygen atoms in total. The number of benzene rings is 6. The predicted octanol–water partition coefficient (Wildman–Crippen LogP) is 11.1. The third-order valence-electron chi connectivity index (χ3n) is 9.13. The first-order chi connectivity index (χ1) is 24.1. The number of aromatic nitrogens is 2. The number of pyridine rings is 1. The van der Waals surface area contributed by atoms with Crippen molar-refractivity contribution in [3.63, 3.8) is 0 Å². The van der Waals surface area contributed by atoms with Crippen molar-refractivity contribution < 1.29 is 4.42 Å². The number of nitrogens with zero attached hydrogens (tertiary/aromatic N) is 4. The molecule has 0 bridgehead atoms. The van der Waals surface area contributed by atoms with Gasteiger partial charge in [-0.25, -0.2) is 15.0 Å². The first-order valence-corrected chi connectivity index (χ1v) is 16.3. The minimum atomic E-state index is 0.618. The molecule has 0 unspecified atom stereocenters. The van der Waals surface area contributed by atoms with E-state index in [4.69, 9.17) is 19.4 Å². The molecule has 3 heterocycles. The molecule has 232 valence electrons. The topological polar surface area (TPSA) is 55.2 Å². The van der Waals surface area contributed by atoms with Crippen LogP contribution in [0.4, 0.5) is 0 Å². The van der Waals surface area contributed by atoms with E-state index >= 15 is 0 Å². The largest absolute Gasteiger partial charge is 0.454 e. The molecular formula is C44H30N4O. The molecule has 49 heavy (non-hydrogen) atoms. The monoisotopic (exact) mass is 630 g/mol. The standard InChI is InChI=1S/C44H30N4O/c1-28(30-14-5-3-6-15-30)45-43(31-16-7-4-8-17-31)46-29(2)32-18-13-19-33(26-32)34-24-25-40-37(27-34)41-42(49-40)35-20-9-10-21-36(35)44-47-38-22-11-12-23-39(38)48(41)44/h3-27H,1H2,2H3. The fraction of sp³-hybridized carbons (Fsp3) is 0.0227. The van der Waals surface area contributed by atoms with Gasteiger partial charge in [0.2, 0.25) is 0 Å². The van der Waals surface area contributed by atoms with E-state index < -0.39 is 0 Å². The average molecular weight is 631 g/mol. The van der Waals surface area contributed by atoms with E-state index in [0.717, 1.165) is 83.1 Å². The molecule has 9 aromatic rings. The summed E-state index contributed by atoms with van der Waals surface area (Å²) < 4.78 is 8.86. The third kappa shape index (κ3) is 4.91. The van der Waals surface area contributed by atoms with Crippen LogP contribution in [0.1, 0.15) is 23.6 Å². The number of imidazole rings is 1. The highest BCUT2D eigenvalue weighted by Crippen LogP contribution is 2.39. The van der Waals surface area contributed by atoms with Crippen molar-refractivity contribution in [2.45, 2.75) is 6.92 Å². The van der Waals surface area contributed by atoms with Crippen LogP contribution in [0.15, 0.2) is 173 Å². The van der Waals surface area contributed by atoms with Gasteiger partial charge in [0.05, 0.1) is 16.7 Å². The molecule has 0 aliphatic heterocycles. The number of amidine groups is 1. The van der Waals surface area contributed by atoms with Crippen LogP contribution >= 0.6 is 0 Å². The number of hydrogen-bond donors (Lipinski definition) is 0. The predicted molar refractivity (Wildman–Crippen MR) is 204 cm³/mol. The van der Waals surface area contributed by atoms with Gasteiger partial charge in [-0.2, -0.15) is 0 Å². The molecule has 0 aliphatic carbocycles. The molecule has 0 atom stereocenters. The molecular weight excluding hydrogens is 601 g/mol. The second kappa shape index (κ2) is 11.6. The Balaban J connectivity index is 1.18. The Morgan fingerprint density at radius 3 is 2.10 bits per heavy atom. The van der Waals surface area contributed by atoms with Crippen molar-refractivity contribution in [1.29, 1.82) is 0 Å². The Bertz CT molecular complexity index is 2790. The van der Waals surface area contributed by atoms with Crippen LogP contribution in [0, 0.1) is 0 Å². The lowest BCUT2D eigenvalue weighted by Crippen LogP contribution is -2.04. The van der Waals surface area contributed by atoms with E-state index in [1.807, 2.05) is 73.7 Å². The fourth-order valence-electron chi connectivity index (χ4n) is 6.69. The van der Waals surface area contributed by atoms with E-state index in [2.05, 4.69) is 95.9 Å². The maximum atomic E-state index is 6.61. The number of para-hydroxylation sites is 2. The quantitative estimate of drug-likeness (QED) is 0.140. The lowest BCUT2D eigenvalue weighted by atomic mass is 10.00. The first-order valence-electron chi connectivity index (χ1n) is 16.3. The van der Waals surface area contributed by atoms with Gasteiger partial charge >= 0.3 is 0 Å². The zero-order valence-electron chi connectivity index (χ0n) is 26.8. The second-order valence-corrected chi connectivity index (χ2v) is 12.2. The number of fused-ring (bicyclic) bond motifs is 10. The van der Waals surface area contributed by atoms with Crippen LogP contribution in [0.2, 0.25) is 0 Å². The third-order valence-corrected chi connectivity index (χ3v) is 9.13. The van der Waals surface area contributed by atoms with Crippen molar-refractivity contribution in [3.05, 3.63) is 175 Å². The fourth-order valence-corrected chi connectivity index (χ4v) is 6.69. The van der Waals surface area contributed by atoms with Crippen molar-refractivity contribution >= 4 is 66.8 Å². The van der Waals surface area contributed by atoms with E-state index in [1.54, 1.807) is 0 Å². The van der Waals surface area contributed by atoms with Gasteiger partial charge in [0.1, 0.15) is 16.7 Å². The minimum absolute atomic E-state index is 0.618. The van der Waals surface area contributed by atoms with Gasteiger partial charge in [-0.05, 0) is 59.5 Å². The highest BCUT2D eigenvalue weighted by atomic mass is 16.3. The molecule has 0 saturated heterocycles. The van der Waals surface area contributed by atoms with E-state index in [1.165, 1.54) is 0 Å². The molecule has 0 aliphatic rings. The number of hydrogen-bond acceptors (Lipinski definition) is 3. The lowest BCUT2D eigenvalue weighted by molar-refractivity contribution is 0.672. The summed E-state index contributed by atoms with van der Waals surface area (Å²) in [5.41, 5.74) is 12.3. The van der Waals surface area contributed by atoms with E-state index in [-0.39, 0.29) is 0 Å². The second-order valence-electron chi connectivity index (χ2n) is 12.2. The summed E-state index contributed by atoms with van der Waals surface area (Å²) in [5, 5.41) is 3.16. The molecule has 0 spiro atoms. The number of aliphatic imine (C=N–C) groups is 2. The van der Waals surface area contributed by atoms with Gasteiger partial charge < -0.3 is 4.42 Å². The average Bonchev–Trinajstić information content (AvgIpc) is 3.74. The Kier molecular flexibility index (Phi) is 6.76. The zero-order valence-corrected chi connectivity index (χ0v) is 26.8. The van der Waals surface area contributed by atoms with Gasteiger partial charge in [0, 0.05) is 27.4 Å². The summed E-state index contributed by atoms with van der Waals surface area (Å²) in [6, 6.07) is 51.6. The maximum Gasteiger partial charge on any atom is 0.160 e. The molecule has 0 radical (unpaired) electrons. The Labute approximate surface area is 282 Å². The molecule has 6 aromatic carbocycles. The van der Waals surface area contributed by atoms with Crippen LogP contribution in [0.25, 0.3) is 66.3 Å². The van der Waals surface area contributed by atoms with Crippen molar-refractivity contribution in [2.75, 3.05) is 0 Å². The van der Waals surface area contributed by atoms with E-state index in [0.29, 0.717) is 11.5 Å². The van der Waals surface area contributed by atoms with Crippen molar-refractivity contribution in [2.24, 2.45) is 9.98 Å². The van der Waals surface area contributed by atoms with Gasteiger partial charge in [-0.1, -0.05) is 128 Å². The maximum absolute atomic E-state index is 6.61. The van der Waals surface area contributed by atoms with Crippen molar-refractivity contribution in [1.82, 2.24) is 9.38 Å². The number of furan rings is 1. The summed E-state index contributed by atoms with van der Waals surface area (Å²) in [7, 11) is 0. The van der Waals surface area contributed by atoms with Gasteiger partial charge in [-0.15, -0.1) is 0 Å². The molecule has 9 rings (SSSR count). The van der Waals surface area contributed by atoms with Crippen LogP contribution in [0.3, 0.4) is 0 Å². The Morgan fingerprint density at radius 2 is 1.29 bits per heavy atom. The first kappa shape index (κ1) is 28.6. The van der Waals surface area contributed by atoms with Crippen molar-refractivity contribution in [3.8, 4) is 11.1 Å². The summed E-state index contributed by atoms with van der Waals surface area (Å²) in [5.74, 6) is 0.618. The SMILES string of the molecule is C=C(N=C(N=C(C)c1cccc(-c2ccc3oc4c5ccccc5c5nc6ccccc6n5c4c3c2)c1)c1ccccc1)c1ccccc1. The van der Waals surface area contributed by atoms with Crippen LogP contribution in [0.5, 0.6) is 0 Å².